The molecule has 1 saturated carbocycles. The van der Waals surface area contributed by atoms with Crippen molar-refractivity contribution < 1.29 is 9.59 Å². The van der Waals surface area contributed by atoms with E-state index in [4.69, 9.17) is 0 Å². The molecule has 0 bridgehead atoms. The molecule has 94 valence electrons. The summed E-state index contributed by atoms with van der Waals surface area (Å²) >= 11 is 0. The highest BCUT2D eigenvalue weighted by molar-refractivity contribution is 5.40. The van der Waals surface area contributed by atoms with Gasteiger partial charge in [-0.15, -0.1) is 0 Å². The zero-order valence-corrected chi connectivity index (χ0v) is 10.8. The SMILES string of the molecule is CCC1CCCC(N=C=O)(N=C=O)C1(C)CC. The quantitative estimate of drug-likeness (QED) is 0.556. The first kappa shape index (κ1) is 13.8. The molecule has 0 aromatic rings. The second-order valence-electron chi connectivity index (χ2n) is 4.99. The van der Waals surface area contributed by atoms with Crippen molar-refractivity contribution in [1.29, 1.82) is 0 Å². The maximum Gasteiger partial charge on any atom is 0.237 e. The van der Waals surface area contributed by atoms with Gasteiger partial charge in [-0.2, -0.15) is 9.98 Å². The van der Waals surface area contributed by atoms with Gasteiger partial charge in [0.25, 0.3) is 0 Å². The van der Waals surface area contributed by atoms with Crippen LogP contribution in [0.25, 0.3) is 0 Å². The van der Waals surface area contributed by atoms with Crippen LogP contribution in [0.1, 0.15) is 52.9 Å². The third kappa shape index (κ3) is 2.11. The normalized spacial score (nSPS) is 36.8. The summed E-state index contributed by atoms with van der Waals surface area (Å²) in [7, 11) is 0. The second kappa shape index (κ2) is 5.39. The van der Waals surface area contributed by atoms with Gasteiger partial charge in [0.15, 0.2) is 5.66 Å². The summed E-state index contributed by atoms with van der Waals surface area (Å²) in [5.41, 5.74) is -1.20. The lowest BCUT2D eigenvalue weighted by Crippen LogP contribution is -2.50. The molecule has 0 heterocycles. The van der Waals surface area contributed by atoms with Gasteiger partial charge in [0.05, 0.1) is 0 Å². The molecule has 4 heteroatoms. The Labute approximate surface area is 102 Å². The molecule has 0 spiro atoms. The largest absolute Gasteiger partial charge is 0.237 e. The molecule has 1 aliphatic carbocycles. The van der Waals surface area contributed by atoms with Gasteiger partial charge in [0.1, 0.15) is 0 Å². The fourth-order valence-corrected chi connectivity index (χ4v) is 3.30. The highest BCUT2D eigenvalue weighted by Crippen LogP contribution is 2.53. The standard InChI is InChI=1S/C13H20N2O2/c1-4-11-7-6-8-13(14-9-16,15-10-17)12(11,3)5-2/h11H,4-8H2,1-3H3. The summed E-state index contributed by atoms with van der Waals surface area (Å²) in [5, 5.41) is 0. The van der Waals surface area contributed by atoms with E-state index in [1.807, 2.05) is 0 Å². The highest BCUT2D eigenvalue weighted by Gasteiger charge is 2.54. The molecular weight excluding hydrogens is 216 g/mol. The van der Waals surface area contributed by atoms with E-state index in [1.54, 1.807) is 12.2 Å². The topological polar surface area (TPSA) is 58.9 Å². The number of isocyanates is 2. The van der Waals surface area contributed by atoms with E-state index in [2.05, 4.69) is 30.8 Å². The van der Waals surface area contributed by atoms with Crippen LogP contribution in [0.15, 0.2) is 9.98 Å². The van der Waals surface area contributed by atoms with Crippen LogP contribution in [0, 0.1) is 11.3 Å². The van der Waals surface area contributed by atoms with E-state index < -0.39 is 5.66 Å². The Balaban J connectivity index is 3.33. The summed E-state index contributed by atoms with van der Waals surface area (Å²) in [6, 6.07) is 0. The molecule has 1 rings (SSSR count). The molecule has 4 nitrogen and oxygen atoms in total. The summed E-state index contributed by atoms with van der Waals surface area (Å²) in [5.74, 6) is 0.426. The Kier molecular flexibility index (Phi) is 4.39. The van der Waals surface area contributed by atoms with Crippen LogP contribution in [0.4, 0.5) is 0 Å². The lowest BCUT2D eigenvalue weighted by molar-refractivity contribution is 0.0148. The van der Waals surface area contributed by atoms with Gasteiger partial charge >= 0.3 is 0 Å². The van der Waals surface area contributed by atoms with Crippen LogP contribution in [0.2, 0.25) is 0 Å². The number of hydrogen-bond acceptors (Lipinski definition) is 4. The Morgan fingerprint density at radius 1 is 1.24 bits per heavy atom. The maximum atomic E-state index is 10.7. The number of nitrogens with zero attached hydrogens (tertiary/aromatic N) is 2. The zero-order chi connectivity index (χ0) is 12.9. The zero-order valence-electron chi connectivity index (χ0n) is 10.8. The van der Waals surface area contributed by atoms with Crippen molar-refractivity contribution in [3.8, 4) is 0 Å². The summed E-state index contributed by atoms with van der Waals surface area (Å²) in [4.78, 5) is 29.1. The molecule has 0 N–H and O–H groups in total. The monoisotopic (exact) mass is 236 g/mol. The first-order valence-electron chi connectivity index (χ1n) is 6.28. The van der Waals surface area contributed by atoms with Crippen molar-refractivity contribution in [1.82, 2.24) is 0 Å². The molecule has 2 atom stereocenters. The van der Waals surface area contributed by atoms with E-state index in [-0.39, 0.29) is 5.41 Å². The minimum Gasteiger partial charge on any atom is -0.211 e. The molecule has 0 amide bonds. The fraction of sp³-hybridized carbons (Fsp3) is 0.846. The molecule has 17 heavy (non-hydrogen) atoms. The van der Waals surface area contributed by atoms with Gasteiger partial charge < -0.3 is 0 Å². The molecule has 1 fully saturated rings. The predicted molar refractivity (Wildman–Crippen MR) is 65.0 cm³/mol. The van der Waals surface area contributed by atoms with Gasteiger partial charge in [-0.1, -0.05) is 27.2 Å². The second-order valence-corrected chi connectivity index (χ2v) is 4.99. The molecule has 0 aliphatic heterocycles. The van der Waals surface area contributed by atoms with Gasteiger partial charge in [-0.3, -0.25) is 0 Å². The molecule has 0 aromatic heterocycles. The Bertz CT molecular complexity index is 350. The minimum absolute atomic E-state index is 0.255. The Hall–Kier alpha value is -1.24. The van der Waals surface area contributed by atoms with Crippen LogP contribution in [-0.2, 0) is 9.59 Å². The Morgan fingerprint density at radius 3 is 2.24 bits per heavy atom. The van der Waals surface area contributed by atoms with Crippen molar-refractivity contribution in [3.63, 3.8) is 0 Å². The molecular formula is C13H20N2O2. The number of hydrogen-bond donors (Lipinski definition) is 0. The molecule has 1 aliphatic rings. The van der Waals surface area contributed by atoms with Crippen molar-refractivity contribution in [3.05, 3.63) is 0 Å². The van der Waals surface area contributed by atoms with Gasteiger partial charge in [-0.05, 0) is 31.6 Å². The van der Waals surface area contributed by atoms with E-state index in [0.717, 1.165) is 25.7 Å². The van der Waals surface area contributed by atoms with Crippen molar-refractivity contribution in [2.45, 2.75) is 58.5 Å². The Morgan fingerprint density at radius 2 is 1.82 bits per heavy atom. The first-order chi connectivity index (χ1) is 8.10. The molecule has 0 aromatic carbocycles. The summed E-state index contributed by atoms with van der Waals surface area (Å²) < 4.78 is 0. The van der Waals surface area contributed by atoms with Crippen molar-refractivity contribution >= 4 is 12.2 Å². The van der Waals surface area contributed by atoms with Crippen LogP contribution in [-0.4, -0.2) is 17.8 Å². The number of rotatable bonds is 4. The van der Waals surface area contributed by atoms with E-state index in [9.17, 15) is 9.59 Å². The molecule has 0 saturated heterocycles. The lowest BCUT2D eigenvalue weighted by Gasteiger charge is -2.50. The van der Waals surface area contributed by atoms with Crippen LogP contribution in [0.3, 0.4) is 0 Å². The maximum absolute atomic E-state index is 10.7. The molecule has 2 unspecified atom stereocenters. The predicted octanol–water partition coefficient (Wildman–Crippen LogP) is 2.98. The number of aliphatic imine (C=N–C) groups is 2. The summed E-state index contributed by atoms with van der Waals surface area (Å²) in [6.45, 7) is 6.26. The number of carbonyl (C=O) groups excluding carboxylic acids is 2. The smallest absolute Gasteiger partial charge is 0.211 e. The van der Waals surface area contributed by atoms with Crippen molar-refractivity contribution in [2.24, 2.45) is 21.3 Å². The average Bonchev–Trinajstić information content (AvgIpc) is 2.33. The third-order valence-corrected chi connectivity index (χ3v) is 4.58. The van der Waals surface area contributed by atoms with E-state index >= 15 is 0 Å². The average molecular weight is 236 g/mol. The van der Waals surface area contributed by atoms with Crippen LogP contribution < -0.4 is 0 Å². The van der Waals surface area contributed by atoms with Crippen molar-refractivity contribution in [2.75, 3.05) is 0 Å². The van der Waals surface area contributed by atoms with Gasteiger partial charge in [0, 0.05) is 5.41 Å². The van der Waals surface area contributed by atoms with Crippen LogP contribution in [0.5, 0.6) is 0 Å². The summed E-state index contributed by atoms with van der Waals surface area (Å²) in [6.07, 6.45) is 7.72. The van der Waals surface area contributed by atoms with E-state index in [0.29, 0.717) is 12.3 Å². The van der Waals surface area contributed by atoms with Gasteiger partial charge in [-0.25, -0.2) is 9.59 Å². The fourth-order valence-electron chi connectivity index (χ4n) is 3.30. The lowest BCUT2D eigenvalue weighted by atomic mass is 9.59. The minimum atomic E-state index is -0.940. The van der Waals surface area contributed by atoms with Crippen LogP contribution >= 0.6 is 0 Å². The highest BCUT2D eigenvalue weighted by atomic mass is 16.1. The molecule has 0 radical (unpaired) electrons. The van der Waals surface area contributed by atoms with E-state index in [1.165, 1.54) is 0 Å². The first-order valence-corrected chi connectivity index (χ1v) is 6.28. The third-order valence-electron chi connectivity index (χ3n) is 4.58. The van der Waals surface area contributed by atoms with Gasteiger partial charge in [0.2, 0.25) is 12.2 Å².